The van der Waals surface area contributed by atoms with Gasteiger partial charge in [-0.05, 0) is 30.7 Å². The number of terminal acetylenes is 1. The molecule has 0 aliphatic carbocycles. The van der Waals surface area contributed by atoms with Crippen LogP contribution in [0.3, 0.4) is 0 Å². The van der Waals surface area contributed by atoms with Crippen molar-refractivity contribution in [2.24, 2.45) is 0 Å². The Labute approximate surface area is 91.9 Å². The van der Waals surface area contributed by atoms with Gasteiger partial charge in [-0.15, -0.1) is 6.42 Å². The van der Waals surface area contributed by atoms with Gasteiger partial charge in [0.05, 0.1) is 6.61 Å². The molecule has 1 aromatic rings. The normalized spacial score (nSPS) is 8.47. The summed E-state index contributed by atoms with van der Waals surface area (Å²) in [4.78, 5) is 0. The van der Waals surface area contributed by atoms with Crippen molar-refractivity contribution >= 4 is 0 Å². The number of hydrogen-bond acceptors (Lipinski definition) is 2. The number of ether oxygens (including phenoxy) is 1. The topological polar surface area (TPSA) is 29.5 Å². The maximum absolute atomic E-state index is 8.56. The highest BCUT2D eigenvalue weighted by molar-refractivity contribution is 5.41. The van der Waals surface area contributed by atoms with Gasteiger partial charge in [0.1, 0.15) is 12.4 Å². The van der Waals surface area contributed by atoms with Gasteiger partial charge in [-0.25, -0.2) is 0 Å². The summed E-state index contributed by atoms with van der Waals surface area (Å²) >= 11 is 0. The Morgan fingerprint density at radius 3 is 2.53 bits per heavy atom. The Bertz CT molecular complexity index is 324. The second-order valence-electron chi connectivity index (χ2n) is 2.75. The molecule has 0 radical (unpaired) electrons. The van der Waals surface area contributed by atoms with Crippen molar-refractivity contribution in [2.45, 2.75) is 20.8 Å². The van der Waals surface area contributed by atoms with Crippen LogP contribution in [0.4, 0.5) is 0 Å². The molecule has 2 nitrogen and oxygen atoms in total. The van der Waals surface area contributed by atoms with E-state index in [1.54, 1.807) is 6.07 Å². The van der Waals surface area contributed by atoms with Crippen molar-refractivity contribution in [3.63, 3.8) is 0 Å². The molecule has 0 heterocycles. The quantitative estimate of drug-likeness (QED) is 0.769. The molecule has 0 aliphatic rings. The van der Waals surface area contributed by atoms with E-state index in [2.05, 4.69) is 5.92 Å². The zero-order chi connectivity index (χ0) is 11.7. The van der Waals surface area contributed by atoms with Gasteiger partial charge in [0, 0.05) is 5.56 Å². The van der Waals surface area contributed by atoms with Gasteiger partial charge in [-0.1, -0.05) is 19.8 Å². The summed E-state index contributed by atoms with van der Waals surface area (Å²) in [5.74, 6) is 3.25. The molecule has 0 aliphatic heterocycles. The number of aliphatic hydroxyl groups excluding tert-OH is 1. The van der Waals surface area contributed by atoms with E-state index in [0.717, 1.165) is 11.1 Å². The first-order chi connectivity index (χ1) is 7.26. The molecule has 82 valence electrons. The van der Waals surface area contributed by atoms with Crippen LogP contribution in [0, 0.1) is 19.3 Å². The summed E-state index contributed by atoms with van der Waals surface area (Å²) in [6, 6.07) is 5.57. The first-order valence-corrected chi connectivity index (χ1v) is 5.08. The van der Waals surface area contributed by atoms with Crippen LogP contribution in [0.2, 0.25) is 0 Å². The van der Waals surface area contributed by atoms with Crippen LogP contribution in [0.1, 0.15) is 25.0 Å². The largest absolute Gasteiger partial charge is 0.491 e. The van der Waals surface area contributed by atoms with Gasteiger partial charge in [-0.3, -0.25) is 0 Å². The van der Waals surface area contributed by atoms with Gasteiger partial charge in [0.25, 0.3) is 0 Å². The lowest BCUT2D eigenvalue weighted by molar-refractivity contribution is 0.201. The standard InChI is InChI=1S/C11H12O2.C2H6/c1-3-10-6-9(2)7-11(8-10)13-5-4-12;1-2/h1,6-8,12H,4-5H2,2H3;1-2H3. The lowest BCUT2D eigenvalue weighted by atomic mass is 10.1. The number of hydrogen-bond donors (Lipinski definition) is 1. The second-order valence-corrected chi connectivity index (χ2v) is 2.75. The third-order valence-corrected chi connectivity index (χ3v) is 1.58. The minimum atomic E-state index is 0.0132. The molecule has 0 saturated carbocycles. The highest BCUT2D eigenvalue weighted by Gasteiger charge is 1.96. The van der Waals surface area contributed by atoms with Crippen molar-refractivity contribution in [1.82, 2.24) is 0 Å². The minimum absolute atomic E-state index is 0.0132. The van der Waals surface area contributed by atoms with E-state index in [1.165, 1.54) is 0 Å². The Morgan fingerprint density at radius 1 is 1.33 bits per heavy atom. The molecule has 0 saturated heterocycles. The molecule has 15 heavy (non-hydrogen) atoms. The Kier molecular flexibility index (Phi) is 7.13. The SMILES string of the molecule is C#Cc1cc(C)cc(OCCO)c1.CC. The fourth-order valence-electron chi connectivity index (χ4n) is 1.08. The minimum Gasteiger partial charge on any atom is -0.491 e. The van der Waals surface area contributed by atoms with E-state index in [9.17, 15) is 0 Å². The second kappa shape index (κ2) is 7.90. The molecule has 0 aromatic heterocycles. The Hall–Kier alpha value is -1.46. The molecule has 1 N–H and O–H groups in total. The summed E-state index contributed by atoms with van der Waals surface area (Å²) in [5.41, 5.74) is 1.86. The molecule has 1 aromatic carbocycles. The molecular weight excluding hydrogens is 188 g/mol. The van der Waals surface area contributed by atoms with Crippen LogP contribution in [-0.2, 0) is 0 Å². The summed E-state index contributed by atoms with van der Waals surface area (Å²) in [7, 11) is 0. The smallest absolute Gasteiger partial charge is 0.120 e. The molecule has 2 heteroatoms. The van der Waals surface area contributed by atoms with Crippen molar-refractivity contribution in [1.29, 1.82) is 0 Å². The van der Waals surface area contributed by atoms with E-state index in [0.29, 0.717) is 12.4 Å². The number of aliphatic hydroxyl groups is 1. The van der Waals surface area contributed by atoms with Crippen LogP contribution in [-0.4, -0.2) is 18.3 Å². The van der Waals surface area contributed by atoms with Crippen molar-refractivity contribution < 1.29 is 9.84 Å². The highest BCUT2D eigenvalue weighted by Crippen LogP contribution is 2.15. The third-order valence-electron chi connectivity index (χ3n) is 1.58. The van der Waals surface area contributed by atoms with Gasteiger partial charge < -0.3 is 9.84 Å². The molecule has 0 amide bonds. The van der Waals surface area contributed by atoms with E-state index in [1.807, 2.05) is 32.9 Å². The predicted molar refractivity (Wildman–Crippen MR) is 63.0 cm³/mol. The molecule has 0 spiro atoms. The number of benzene rings is 1. The van der Waals surface area contributed by atoms with E-state index in [4.69, 9.17) is 16.3 Å². The molecule has 0 unspecified atom stereocenters. The predicted octanol–water partition coefficient (Wildman–Crippen LogP) is 2.37. The molecular formula is C13H18O2. The molecule has 0 bridgehead atoms. The molecule has 1 rings (SSSR count). The maximum Gasteiger partial charge on any atom is 0.120 e. The van der Waals surface area contributed by atoms with Gasteiger partial charge in [-0.2, -0.15) is 0 Å². The summed E-state index contributed by atoms with van der Waals surface area (Å²) in [6.45, 7) is 6.26. The number of aryl methyl sites for hydroxylation is 1. The van der Waals surface area contributed by atoms with Crippen molar-refractivity contribution in [3.05, 3.63) is 29.3 Å². The van der Waals surface area contributed by atoms with E-state index < -0.39 is 0 Å². The van der Waals surface area contributed by atoms with Crippen LogP contribution < -0.4 is 4.74 Å². The average Bonchev–Trinajstić information content (AvgIpc) is 2.28. The summed E-state index contributed by atoms with van der Waals surface area (Å²) in [5, 5.41) is 8.56. The van der Waals surface area contributed by atoms with Gasteiger partial charge in [0.2, 0.25) is 0 Å². The first kappa shape index (κ1) is 13.5. The fourth-order valence-corrected chi connectivity index (χ4v) is 1.08. The van der Waals surface area contributed by atoms with Crippen molar-refractivity contribution in [2.75, 3.05) is 13.2 Å². The zero-order valence-corrected chi connectivity index (χ0v) is 9.58. The third kappa shape index (κ3) is 5.09. The average molecular weight is 206 g/mol. The fraction of sp³-hybridized carbons (Fsp3) is 0.385. The molecule has 0 atom stereocenters. The highest BCUT2D eigenvalue weighted by atomic mass is 16.5. The Balaban J connectivity index is 0.000000921. The Morgan fingerprint density at radius 2 is 2.00 bits per heavy atom. The summed E-state index contributed by atoms with van der Waals surface area (Å²) < 4.78 is 5.23. The van der Waals surface area contributed by atoms with Crippen LogP contribution in [0.15, 0.2) is 18.2 Å². The van der Waals surface area contributed by atoms with Crippen LogP contribution in [0.25, 0.3) is 0 Å². The maximum atomic E-state index is 8.56. The summed E-state index contributed by atoms with van der Waals surface area (Å²) in [6.07, 6.45) is 5.26. The number of rotatable bonds is 3. The lowest BCUT2D eigenvalue weighted by Gasteiger charge is -2.05. The monoisotopic (exact) mass is 206 g/mol. The van der Waals surface area contributed by atoms with Crippen LogP contribution >= 0.6 is 0 Å². The lowest BCUT2D eigenvalue weighted by Crippen LogP contribution is -2.01. The van der Waals surface area contributed by atoms with Crippen LogP contribution in [0.5, 0.6) is 5.75 Å². The zero-order valence-electron chi connectivity index (χ0n) is 9.58. The van der Waals surface area contributed by atoms with Crippen molar-refractivity contribution in [3.8, 4) is 18.1 Å². The first-order valence-electron chi connectivity index (χ1n) is 5.08. The van der Waals surface area contributed by atoms with Gasteiger partial charge in [0.15, 0.2) is 0 Å². The van der Waals surface area contributed by atoms with E-state index >= 15 is 0 Å². The van der Waals surface area contributed by atoms with Gasteiger partial charge >= 0.3 is 0 Å². The molecule has 0 fully saturated rings. The van der Waals surface area contributed by atoms with E-state index in [-0.39, 0.29) is 6.61 Å².